The van der Waals surface area contributed by atoms with Crippen LogP contribution in [-0.2, 0) is 0 Å². The second-order valence-corrected chi connectivity index (χ2v) is 4.64. The maximum atomic E-state index is 2.51. The second kappa shape index (κ2) is 6.41. The van der Waals surface area contributed by atoms with Crippen LogP contribution in [0.4, 0.5) is 0 Å². The molecule has 0 bridgehead atoms. The summed E-state index contributed by atoms with van der Waals surface area (Å²) in [6.45, 7) is 4.84. The van der Waals surface area contributed by atoms with E-state index in [4.69, 9.17) is 0 Å². The highest BCUT2D eigenvalue weighted by molar-refractivity contribution is 4.74. The van der Waals surface area contributed by atoms with Gasteiger partial charge in [-0.15, -0.1) is 0 Å². The average molecular weight is 198 g/mol. The van der Waals surface area contributed by atoms with Crippen LogP contribution in [-0.4, -0.2) is 43.2 Å². The Bertz CT molecular complexity index is 137. The molecule has 0 aromatic rings. The predicted molar refractivity (Wildman–Crippen MR) is 62.4 cm³/mol. The number of nitrogens with zero attached hydrogens (tertiary/aromatic N) is 2. The molecule has 0 aliphatic carbocycles. The van der Waals surface area contributed by atoms with E-state index in [0.717, 1.165) is 0 Å². The first-order valence-corrected chi connectivity index (χ1v) is 6.16. The van der Waals surface area contributed by atoms with Gasteiger partial charge in [-0.2, -0.15) is 0 Å². The zero-order valence-corrected chi connectivity index (χ0v) is 10.1. The Hall–Kier alpha value is -0.0800. The van der Waals surface area contributed by atoms with Crippen LogP contribution in [0.25, 0.3) is 0 Å². The van der Waals surface area contributed by atoms with E-state index in [1.807, 2.05) is 0 Å². The van der Waals surface area contributed by atoms with Gasteiger partial charge in [0.05, 0.1) is 6.17 Å². The van der Waals surface area contributed by atoms with E-state index in [9.17, 15) is 0 Å². The molecule has 1 fully saturated rings. The molecular weight excluding hydrogens is 172 g/mol. The standard InChI is InChI=1S/C12H26N2/c1-4-5-6-7-9-12-13(2)10-8-11-14(12)3/h12H,4-11H2,1-3H3. The molecule has 0 atom stereocenters. The van der Waals surface area contributed by atoms with Crippen molar-refractivity contribution in [3.63, 3.8) is 0 Å². The Balaban J connectivity index is 2.19. The molecule has 0 aromatic carbocycles. The van der Waals surface area contributed by atoms with Gasteiger partial charge in [-0.3, -0.25) is 9.80 Å². The van der Waals surface area contributed by atoms with Gasteiger partial charge in [0.25, 0.3) is 0 Å². The molecule has 1 heterocycles. The molecule has 1 aliphatic rings. The van der Waals surface area contributed by atoms with Crippen molar-refractivity contribution in [1.29, 1.82) is 0 Å². The van der Waals surface area contributed by atoms with Gasteiger partial charge in [0.1, 0.15) is 0 Å². The third-order valence-electron chi connectivity index (χ3n) is 3.36. The van der Waals surface area contributed by atoms with Gasteiger partial charge in [-0.05, 0) is 26.9 Å². The lowest BCUT2D eigenvalue weighted by molar-refractivity contribution is 0.0346. The molecule has 0 N–H and O–H groups in total. The number of rotatable bonds is 5. The van der Waals surface area contributed by atoms with E-state index in [2.05, 4.69) is 30.8 Å². The summed E-state index contributed by atoms with van der Waals surface area (Å²) in [5.74, 6) is 0. The molecule has 0 amide bonds. The van der Waals surface area contributed by atoms with E-state index in [0.29, 0.717) is 6.17 Å². The summed E-state index contributed by atoms with van der Waals surface area (Å²) in [4.78, 5) is 5.02. The van der Waals surface area contributed by atoms with E-state index >= 15 is 0 Å². The van der Waals surface area contributed by atoms with Crippen molar-refractivity contribution < 1.29 is 0 Å². The highest BCUT2D eigenvalue weighted by atomic mass is 15.3. The fraction of sp³-hybridized carbons (Fsp3) is 1.00. The Morgan fingerprint density at radius 2 is 1.64 bits per heavy atom. The lowest BCUT2D eigenvalue weighted by atomic mass is 10.1. The summed E-state index contributed by atoms with van der Waals surface area (Å²) in [5, 5.41) is 0. The first-order chi connectivity index (χ1) is 6.75. The molecule has 0 radical (unpaired) electrons. The quantitative estimate of drug-likeness (QED) is 0.626. The van der Waals surface area contributed by atoms with E-state index in [-0.39, 0.29) is 0 Å². The molecule has 1 rings (SSSR count). The highest BCUT2D eigenvalue weighted by Crippen LogP contribution is 2.16. The molecule has 84 valence electrons. The minimum absolute atomic E-state index is 0.709. The van der Waals surface area contributed by atoms with Crippen molar-refractivity contribution in [2.24, 2.45) is 0 Å². The summed E-state index contributed by atoms with van der Waals surface area (Å²) in [6, 6.07) is 0. The largest absolute Gasteiger partial charge is 0.291 e. The molecule has 1 saturated heterocycles. The average Bonchev–Trinajstić information content (AvgIpc) is 2.16. The molecule has 0 spiro atoms. The van der Waals surface area contributed by atoms with Gasteiger partial charge in [0.15, 0.2) is 0 Å². The van der Waals surface area contributed by atoms with Gasteiger partial charge < -0.3 is 0 Å². The lowest BCUT2D eigenvalue weighted by Gasteiger charge is -2.40. The third kappa shape index (κ3) is 3.58. The first-order valence-electron chi connectivity index (χ1n) is 6.16. The normalized spacial score (nSPS) is 21.6. The molecule has 0 aromatic heterocycles. The van der Waals surface area contributed by atoms with Crippen molar-refractivity contribution in [2.45, 2.75) is 51.6 Å². The van der Waals surface area contributed by atoms with Gasteiger partial charge in [0.2, 0.25) is 0 Å². The summed E-state index contributed by atoms with van der Waals surface area (Å²) in [7, 11) is 4.53. The zero-order valence-electron chi connectivity index (χ0n) is 10.1. The van der Waals surface area contributed by atoms with E-state index in [1.165, 1.54) is 51.6 Å². The van der Waals surface area contributed by atoms with Crippen molar-refractivity contribution in [1.82, 2.24) is 9.80 Å². The van der Waals surface area contributed by atoms with Crippen LogP contribution < -0.4 is 0 Å². The molecule has 2 nitrogen and oxygen atoms in total. The van der Waals surface area contributed by atoms with Crippen LogP contribution in [0.5, 0.6) is 0 Å². The van der Waals surface area contributed by atoms with Crippen LogP contribution in [0, 0.1) is 0 Å². The van der Waals surface area contributed by atoms with Crippen molar-refractivity contribution >= 4 is 0 Å². The summed E-state index contributed by atoms with van der Waals surface area (Å²) in [6.07, 6.45) is 8.95. The smallest absolute Gasteiger partial charge is 0.0617 e. The van der Waals surface area contributed by atoms with Crippen molar-refractivity contribution in [3.8, 4) is 0 Å². The van der Waals surface area contributed by atoms with Crippen LogP contribution in [0.3, 0.4) is 0 Å². The number of hydrogen-bond acceptors (Lipinski definition) is 2. The zero-order chi connectivity index (χ0) is 10.4. The van der Waals surface area contributed by atoms with Gasteiger partial charge in [-0.1, -0.05) is 32.6 Å². The Morgan fingerprint density at radius 3 is 2.21 bits per heavy atom. The van der Waals surface area contributed by atoms with Crippen molar-refractivity contribution in [3.05, 3.63) is 0 Å². The van der Waals surface area contributed by atoms with Crippen molar-refractivity contribution in [2.75, 3.05) is 27.2 Å². The molecule has 1 aliphatic heterocycles. The highest BCUT2D eigenvalue weighted by Gasteiger charge is 2.22. The fourth-order valence-electron chi connectivity index (χ4n) is 2.40. The summed E-state index contributed by atoms with van der Waals surface area (Å²) < 4.78 is 0. The predicted octanol–water partition coefficient (Wildman–Crippen LogP) is 2.55. The monoisotopic (exact) mass is 198 g/mol. The summed E-state index contributed by atoms with van der Waals surface area (Å²) >= 11 is 0. The fourth-order valence-corrected chi connectivity index (χ4v) is 2.40. The molecule has 14 heavy (non-hydrogen) atoms. The second-order valence-electron chi connectivity index (χ2n) is 4.64. The first kappa shape index (κ1) is 12.0. The Labute approximate surface area is 89.3 Å². The molecule has 2 heteroatoms. The van der Waals surface area contributed by atoms with Crippen LogP contribution in [0.2, 0.25) is 0 Å². The van der Waals surface area contributed by atoms with Gasteiger partial charge in [-0.25, -0.2) is 0 Å². The number of hydrogen-bond donors (Lipinski definition) is 0. The van der Waals surface area contributed by atoms with Crippen LogP contribution in [0.15, 0.2) is 0 Å². The van der Waals surface area contributed by atoms with E-state index in [1.54, 1.807) is 0 Å². The molecular formula is C12H26N2. The van der Waals surface area contributed by atoms with Crippen LogP contribution in [0.1, 0.15) is 45.4 Å². The van der Waals surface area contributed by atoms with Crippen LogP contribution >= 0.6 is 0 Å². The van der Waals surface area contributed by atoms with E-state index < -0.39 is 0 Å². The topological polar surface area (TPSA) is 6.48 Å². The lowest BCUT2D eigenvalue weighted by Crippen LogP contribution is -2.50. The third-order valence-corrected chi connectivity index (χ3v) is 3.36. The Morgan fingerprint density at radius 1 is 1.00 bits per heavy atom. The molecule has 0 saturated carbocycles. The Kier molecular flexibility index (Phi) is 5.49. The SMILES string of the molecule is CCCCCCC1N(C)CCCN1C. The maximum absolute atomic E-state index is 2.51. The minimum atomic E-state index is 0.709. The van der Waals surface area contributed by atoms with Gasteiger partial charge in [0, 0.05) is 13.1 Å². The summed E-state index contributed by atoms with van der Waals surface area (Å²) in [5.41, 5.74) is 0. The minimum Gasteiger partial charge on any atom is -0.291 e. The van der Waals surface area contributed by atoms with Gasteiger partial charge >= 0.3 is 0 Å². The maximum Gasteiger partial charge on any atom is 0.0617 e. The number of unbranched alkanes of at least 4 members (excludes halogenated alkanes) is 3. The molecule has 0 unspecified atom stereocenters.